The van der Waals surface area contributed by atoms with Crippen LogP contribution in [0.1, 0.15) is 74.5 Å². The lowest BCUT2D eigenvalue weighted by molar-refractivity contribution is 0.0661. The second kappa shape index (κ2) is 6.58. The Morgan fingerprint density at radius 3 is 2.20 bits per heavy atom. The van der Waals surface area contributed by atoms with Gasteiger partial charge in [0.05, 0.1) is 0 Å². The highest BCUT2D eigenvalue weighted by Crippen LogP contribution is 2.36. The van der Waals surface area contributed by atoms with Crippen molar-refractivity contribution in [3.05, 3.63) is 52.5 Å². The zero-order valence-corrected chi connectivity index (χ0v) is 16.2. The van der Waals surface area contributed by atoms with Gasteiger partial charge in [-0.25, -0.2) is 4.79 Å². The van der Waals surface area contributed by atoms with E-state index >= 15 is 0 Å². The van der Waals surface area contributed by atoms with E-state index in [0.29, 0.717) is 5.76 Å². The molecule has 25 heavy (non-hydrogen) atoms. The maximum Gasteiger partial charge on any atom is 0.371 e. The number of hydrogen-bond acceptors (Lipinski definition) is 3. The number of aromatic carboxylic acids is 1. The number of carbonyl (C=O) groups is 1. The molecule has 0 amide bonds. The third-order valence-corrected chi connectivity index (χ3v) is 4.27. The number of hydrogen-bond donors (Lipinski definition) is 1. The van der Waals surface area contributed by atoms with E-state index in [1.165, 1.54) is 11.6 Å². The first-order valence-corrected chi connectivity index (χ1v) is 8.50. The topological polar surface area (TPSA) is 59.7 Å². The van der Waals surface area contributed by atoms with Gasteiger partial charge in [0.1, 0.15) is 18.1 Å². The van der Waals surface area contributed by atoms with Crippen LogP contribution in [0, 0.1) is 6.92 Å². The second-order valence-electron chi connectivity index (χ2n) is 8.50. The van der Waals surface area contributed by atoms with Crippen molar-refractivity contribution >= 4 is 5.97 Å². The van der Waals surface area contributed by atoms with Crippen molar-refractivity contribution in [2.24, 2.45) is 0 Å². The van der Waals surface area contributed by atoms with E-state index < -0.39 is 5.97 Å². The van der Waals surface area contributed by atoms with E-state index in [4.69, 9.17) is 14.3 Å². The number of carboxylic acid groups (broad SMARTS) is 1. The molecule has 0 aliphatic heterocycles. The number of carboxylic acids is 1. The van der Waals surface area contributed by atoms with Gasteiger partial charge in [-0.05, 0) is 41.0 Å². The van der Waals surface area contributed by atoms with E-state index in [-0.39, 0.29) is 23.2 Å². The molecule has 1 N–H and O–H groups in total. The highest BCUT2D eigenvalue weighted by atomic mass is 16.5. The molecule has 0 spiro atoms. The number of aryl methyl sites for hydroxylation is 1. The average Bonchev–Trinajstić information content (AvgIpc) is 2.84. The molecule has 0 radical (unpaired) electrons. The van der Waals surface area contributed by atoms with Crippen molar-refractivity contribution in [2.75, 3.05) is 0 Å². The molecular weight excluding hydrogens is 316 g/mol. The zero-order valence-electron chi connectivity index (χ0n) is 16.2. The predicted molar refractivity (Wildman–Crippen MR) is 98.6 cm³/mol. The summed E-state index contributed by atoms with van der Waals surface area (Å²) in [6.45, 7) is 15.1. The summed E-state index contributed by atoms with van der Waals surface area (Å²) in [5.74, 6) is 0.258. The molecule has 1 aromatic carbocycles. The third kappa shape index (κ3) is 4.44. The summed E-state index contributed by atoms with van der Waals surface area (Å²) in [6.07, 6.45) is 0. The Balaban J connectivity index is 2.32. The lowest BCUT2D eigenvalue weighted by Crippen LogP contribution is -2.17. The van der Waals surface area contributed by atoms with Crippen LogP contribution < -0.4 is 4.74 Å². The minimum atomic E-state index is -1.07. The molecule has 2 rings (SSSR count). The Labute approximate surface area is 149 Å². The number of ether oxygens (including phenoxy) is 1. The van der Waals surface area contributed by atoms with Gasteiger partial charge in [-0.15, -0.1) is 0 Å². The van der Waals surface area contributed by atoms with Crippen molar-refractivity contribution in [1.82, 2.24) is 0 Å². The molecule has 1 heterocycles. The molecule has 4 nitrogen and oxygen atoms in total. The van der Waals surface area contributed by atoms with Crippen molar-refractivity contribution in [3.63, 3.8) is 0 Å². The Morgan fingerprint density at radius 2 is 1.72 bits per heavy atom. The standard InChI is InChI=1S/C21H28O4/c1-13-14(10-18(25-13)19(22)23)12-24-17-9-8-15(20(2,3)4)11-16(17)21(5,6)7/h8-11H,12H2,1-7H3,(H,22,23). The maximum atomic E-state index is 11.0. The molecule has 1 aromatic heterocycles. The highest BCUT2D eigenvalue weighted by Gasteiger charge is 2.23. The largest absolute Gasteiger partial charge is 0.488 e. The van der Waals surface area contributed by atoms with Gasteiger partial charge < -0.3 is 14.3 Å². The highest BCUT2D eigenvalue weighted by molar-refractivity contribution is 5.84. The first kappa shape index (κ1) is 19.1. The van der Waals surface area contributed by atoms with E-state index in [2.05, 4.69) is 53.7 Å². The van der Waals surface area contributed by atoms with Crippen LogP contribution in [0.3, 0.4) is 0 Å². The molecule has 0 bridgehead atoms. The van der Waals surface area contributed by atoms with E-state index in [9.17, 15) is 4.79 Å². The van der Waals surface area contributed by atoms with Gasteiger partial charge in [-0.1, -0.05) is 53.7 Å². The first-order chi connectivity index (χ1) is 11.4. The molecule has 0 fully saturated rings. The molecule has 0 saturated carbocycles. The van der Waals surface area contributed by atoms with Crippen LogP contribution in [0.25, 0.3) is 0 Å². The van der Waals surface area contributed by atoms with Crippen molar-refractivity contribution < 1.29 is 19.1 Å². The maximum absolute atomic E-state index is 11.0. The average molecular weight is 344 g/mol. The summed E-state index contributed by atoms with van der Waals surface area (Å²) in [7, 11) is 0. The molecule has 4 heteroatoms. The number of furan rings is 1. The molecule has 0 atom stereocenters. The van der Waals surface area contributed by atoms with Gasteiger partial charge >= 0.3 is 5.97 Å². The Kier molecular flexibility index (Phi) is 5.03. The molecule has 0 aliphatic rings. The smallest absolute Gasteiger partial charge is 0.371 e. The number of benzene rings is 1. The molecule has 0 saturated heterocycles. The summed E-state index contributed by atoms with van der Waals surface area (Å²) in [6, 6.07) is 7.84. The van der Waals surface area contributed by atoms with E-state index in [1.54, 1.807) is 6.92 Å². The Hall–Kier alpha value is -2.23. The predicted octanol–water partition coefficient (Wildman–Crippen LogP) is 5.46. The van der Waals surface area contributed by atoms with Gasteiger partial charge in [0.2, 0.25) is 5.76 Å². The molecule has 0 unspecified atom stereocenters. The summed E-state index contributed by atoms with van der Waals surface area (Å²) in [5.41, 5.74) is 3.15. The molecule has 0 aliphatic carbocycles. The third-order valence-electron chi connectivity index (χ3n) is 4.27. The lowest BCUT2D eigenvalue weighted by Gasteiger charge is -2.27. The van der Waals surface area contributed by atoms with Gasteiger partial charge in [0.25, 0.3) is 0 Å². The fraction of sp³-hybridized carbons (Fsp3) is 0.476. The number of rotatable bonds is 4. The zero-order chi connectivity index (χ0) is 19.0. The van der Waals surface area contributed by atoms with Crippen LogP contribution in [0.2, 0.25) is 0 Å². The van der Waals surface area contributed by atoms with Crippen LogP contribution in [0.15, 0.2) is 28.7 Å². The van der Waals surface area contributed by atoms with Gasteiger partial charge in [0.15, 0.2) is 0 Å². The van der Waals surface area contributed by atoms with Crippen molar-refractivity contribution in [1.29, 1.82) is 0 Å². The summed E-state index contributed by atoms with van der Waals surface area (Å²) in [4.78, 5) is 11.0. The van der Waals surface area contributed by atoms with Gasteiger partial charge in [0, 0.05) is 5.56 Å². The Bertz CT molecular complexity index is 770. The lowest BCUT2D eigenvalue weighted by atomic mass is 9.80. The summed E-state index contributed by atoms with van der Waals surface area (Å²) >= 11 is 0. The van der Waals surface area contributed by atoms with Crippen LogP contribution in [-0.2, 0) is 17.4 Å². The molecule has 136 valence electrons. The summed E-state index contributed by atoms with van der Waals surface area (Å²) in [5, 5.41) is 9.03. The van der Waals surface area contributed by atoms with Crippen LogP contribution in [0.4, 0.5) is 0 Å². The normalized spacial score (nSPS) is 12.3. The van der Waals surface area contributed by atoms with Crippen molar-refractivity contribution in [2.45, 2.75) is 65.9 Å². The molecule has 2 aromatic rings. The van der Waals surface area contributed by atoms with E-state index in [0.717, 1.165) is 16.9 Å². The first-order valence-electron chi connectivity index (χ1n) is 8.50. The quantitative estimate of drug-likeness (QED) is 0.800. The minimum Gasteiger partial charge on any atom is -0.488 e. The van der Waals surface area contributed by atoms with Gasteiger partial charge in [-0.2, -0.15) is 0 Å². The summed E-state index contributed by atoms with van der Waals surface area (Å²) < 4.78 is 11.3. The second-order valence-corrected chi connectivity index (χ2v) is 8.50. The Morgan fingerprint density at radius 1 is 1.08 bits per heavy atom. The SMILES string of the molecule is Cc1oc(C(=O)O)cc1COc1ccc(C(C)(C)C)cc1C(C)(C)C. The van der Waals surface area contributed by atoms with Gasteiger partial charge in [-0.3, -0.25) is 0 Å². The minimum absolute atomic E-state index is 0.0600. The van der Waals surface area contributed by atoms with Crippen LogP contribution in [-0.4, -0.2) is 11.1 Å². The molecular formula is C21H28O4. The van der Waals surface area contributed by atoms with Crippen molar-refractivity contribution in [3.8, 4) is 5.75 Å². The fourth-order valence-corrected chi connectivity index (χ4v) is 2.63. The van der Waals surface area contributed by atoms with E-state index in [1.807, 2.05) is 6.07 Å². The van der Waals surface area contributed by atoms with Crippen LogP contribution in [0.5, 0.6) is 5.75 Å². The van der Waals surface area contributed by atoms with Crippen LogP contribution >= 0.6 is 0 Å². The fourth-order valence-electron chi connectivity index (χ4n) is 2.63. The monoisotopic (exact) mass is 344 g/mol.